The number of sulfonamides is 1. The van der Waals surface area contributed by atoms with E-state index in [2.05, 4.69) is 10.0 Å². The van der Waals surface area contributed by atoms with Gasteiger partial charge in [0, 0.05) is 43.5 Å². The van der Waals surface area contributed by atoms with Crippen LogP contribution in [0, 0.1) is 0 Å². The number of carbonyl (C=O) groups excluding carboxylic acids is 2. The topological polar surface area (TPSA) is 114 Å². The van der Waals surface area contributed by atoms with Gasteiger partial charge in [0.05, 0.1) is 19.1 Å². The third-order valence-corrected chi connectivity index (χ3v) is 6.63. The van der Waals surface area contributed by atoms with E-state index in [4.69, 9.17) is 9.47 Å². The van der Waals surface area contributed by atoms with Crippen molar-refractivity contribution in [3.05, 3.63) is 77.9 Å². The number of ether oxygens (including phenoxy) is 2. The van der Waals surface area contributed by atoms with Gasteiger partial charge in [-0.2, -0.15) is 0 Å². The normalized spacial score (nSPS) is 11.0. The van der Waals surface area contributed by atoms with Gasteiger partial charge in [-0.05, 0) is 54.1 Å². The van der Waals surface area contributed by atoms with Gasteiger partial charge in [0.2, 0.25) is 15.9 Å². The molecule has 0 fully saturated rings. The highest BCUT2D eigenvalue weighted by Crippen LogP contribution is 2.31. The Labute approximate surface area is 204 Å². The number of nitrogens with zero attached hydrogens (tertiary/aromatic N) is 1. The zero-order chi connectivity index (χ0) is 25.6. The summed E-state index contributed by atoms with van der Waals surface area (Å²) in [6, 6.07) is 17.7. The Morgan fingerprint density at radius 3 is 2.09 bits per heavy atom. The number of methoxy groups -OCH3 is 2. The number of benzene rings is 3. The molecule has 0 unspecified atom stereocenters. The number of rotatable bonds is 9. The number of amides is 2. The molecule has 0 saturated carbocycles. The SMILES string of the molecule is COc1ccc(N(C)C(=O)c2ccc(CNS(=O)(=O)c3ccc(NC(C)=O)cc3)cc2)cc1OC. The number of nitrogens with one attached hydrogen (secondary N) is 2. The average Bonchev–Trinajstić information content (AvgIpc) is 2.86. The third kappa shape index (κ3) is 6.37. The Morgan fingerprint density at radius 1 is 0.886 bits per heavy atom. The molecule has 0 heterocycles. The molecule has 0 aliphatic carbocycles. The van der Waals surface area contributed by atoms with Gasteiger partial charge < -0.3 is 19.7 Å². The van der Waals surface area contributed by atoms with Crippen molar-refractivity contribution >= 4 is 33.2 Å². The van der Waals surface area contributed by atoms with Crippen LogP contribution in [-0.2, 0) is 21.4 Å². The molecule has 0 aromatic heterocycles. The molecule has 0 atom stereocenters. The van der Waals surface area contributed by atoms with Crippen LogP contribution in [0.3, 0.4) is 0 Å². The molecule has 35 heavy (non-hydrogen) atoms. The molecule has 0 bridgehead atoms. The van der Waals surface area contributed by atoms with Crippen LogP contribution < -0.4 is 24.4 Å². The molecule has 0 saturated heterocycles. The second-order valence-electron chi connectivity index (χ2n) is 7.63. The minimum absolute atomic E-state index is 0.0514. The van der Waals surface area contributed by atoms with Crippen molar-refractivity contribution in [1.82, 2.24) is 4.72 Å². The summed E-state index contributed by atoms with van der Waals surface area (Å²) in [5.74, 6) is 0.601. The molecule has 10 heteroatoms. The third-order valence-electron chi connectivity index (χ3n) is 5.21. The maximum atomic E-state index is 12.9. The monoisotopic (exact) mass is 497 g/mol. The molecule has 184 valence electrons. The molecule has 0 radical (unpaired) electrons. The van der Waals surface area contributed by atoms with Gasteiger partial charge in [-0.25, -0.2) is 13.1 Å². The first-order valence-electron chi connectivity index (χ1n) is 10.6. The van der Waals surface area contributed by atoms with Crippen molar-refractivity contribution in [3.63, 3.8) is 0 Å². The van der Waals surface area contributed by atoms with E-state index >= 15 is 0 Å². The van der Waals surface area contributed by atoms with E-state index in [1.807, 2.05) is 0 Å². The molecule has 3 aromatic rings. The predicted octanol–water partition coefficient (Wildman–Crippen LogP) is 3.42. The van der Waals surface area contributed by atoms with E-state index in [-0.39, 0.29) is 23.3 Å². The summed E-state index contributed by atoms with van der Waals surface area (Å²) in [6.45, 7) is 1.43. The van der Waals surface area contributed by atoms with E-state index in [1.165, 1.54) is 50.3 Å². The van der Waals surface area contributed by atoms with Gasteiger partial charge in [-0.15, -0.1) is 0 Å². The molecule has 2 N–H and O–H groups in total. The summed E-state index contributed by atoms with van der Waals surface area (Å²) in [6.07, 6.45) is 0. The predicted molar refractivity (Wildman–Crippen MR) is 133 cm³/mol. The lowest BCUT2D eigenvalue weighted by Crippen LogP contribution is -2.26. The molecular weight excluding hydrogens is 470 g/mol. The Balaban J connectivity index is 1.65. The Bertz CT molecular complexity index is 1310. The average molecular weight is 498 g/mol. The van der Waals surface area contributed by atoms with E-state index in [0.717, 1.165) is 0 Å². The van der Waals surface area contributed by atoms with Crippen LogP contribution in [-0.4, -0.2) is 41.5 Å². The highest BCUT2D eigenvalue weighted by molar-refractivity contribution is 7.89. The van der Waals surface area contributed by atoms with Gasteiger partial charge in [-0.3, -0.25) is 9.59 Å². The van der Waals surface area contributed by atoms with Gasteiger partial charge in [0.1, 0.15) is 0 Å². The number of anilines is 2. The van der Waals surface area contributed by atoms with Gasteiger partial charge in [0.25, 0.3) is 5.91 Å². The smallest absolute Gasteiger partial charge is 0.258 e. The highest BCUT2D eigenvalue weighted by Gasteiger charge is 2.17. The van der Waals surface area contributed by atoms with Gasteiger partial charge in [-0.1, -0.05) is 12.1 Å². The Hall–Kier alpha value is -3.89. The lowest BCUT2D eigenvalue weighted by molar-refractivity contribution is -0.114. The van der Waals surface area contributed by atoms with Crippen LogP contribution in [0.25, 0.3) is 0 Å². The van der Waals surface area contributed by atoms with Crippen LogP contribution >= 0.6 is 0 Å². The summed E-state index contributed by atoms with van der Waals surface area (Å²) in [5.41, 5.74) is 2.28. The zero-order valence-corrected chi connectivity index (χ0v) is 20.7. The molecule has 3 aromatic carbocycles. The van der Waals surface area contributed by atoms with Crippen molar-refractivity contribution in [2.75, 3.05) is 31.5 Å². The van der Waals surface area contributed by atoms with Crippen molar-refractivity contribution in [3.8, 4) is 11.5 Å². The van der Waals surface area contributed by atoms with Crippen molar-refractivity contribution < 1.29 is 27.5 Å². The zero-order valence-electron chi connectivity index (χ0n) is 19.9. The molecule has 0 aliphatic heterocycles. The molecule has 0 spiro atoms. The fraction of sp³-hybridized carbons (Fsp3) is 0.200. The molecule has 0 aliphatic rings. The summed E-state index contributed by atoms with van der Waals surface area (Å²) >= 11 is 0. The maximum Gasteiger partial charge on any atom is 0.258 e. The fourth-order valence-corrected chi connectivity index (χ4v) is 4.31. The van der Waals surface area contributed by atoms with E-state index in [1.54, 1.807) is 49.5 Å². The van der Waals surface area contributed by atoms with Crippen LogP contribution in [0.4, 0.5) is 11.4 Å². The van der Waals surface area contributed by atoms with E-state index < -0.39 is 10.0 Å². The van der Waals surface area contributed by atoms with E-state index in [9.17, 15) is 18.0 Å². The summed E-state index contributed by atoms with van der Waals surface area (Å²) in [4.78, 5) is 25.6. The van der Waals surface area contributed by atoms with Crippen molar-refractivity contribution in [1.29, 1.82) is 0 Å². The lowest BCUT2D eigenvalue weighted by Gasteiger charge is -2.19. The lowest BCUT2D eigenvalue weighted by atomic mass is 10.1. The Morgan fingerprint density at radius 2 is 1.51 bits per heavy atom. The standard InChI is InChI=1S/C25H27N3O6S/c1-17(29)27-20-9-12-22(13-10-20)35(31,32)26-16-18-5-7-19(8-6-18)25(30)28(2)21-11-14-23(33-3)24(15-21)34-4/h5-15,26H,16H2,1-4H3,(H,27,29). The van der Waals surface area contributed by atoms with Crippen LogP contribution in [0.15, 0.2) is 71.6 Å². The first kappa shape index (κ1) is 25.7. The highest BCUT2D eigenvalue weighted by atomic mass is 32.2. The number of hydrogen-bond acceptors (Lipinski definition) is 6. The molecule has 3 rings (SSSR count). The Kier molecular flexibility index (Phi) is 8.10. The minimum atomic E-state index is -3.75. The van der Waals surface area contributed by atoms with Gasteiger partial charge >= 0.3 is 0 Å². The van der Waals surface area contributed by atoms with Crippen molar-refractivity contribution in [2.45, 2.75) is 18.4 Å². The second-order valence-corrected chi connectivity index (χ2v) is 9.40. The maximum absolute atomic E-state index is 12.9. The second kappa shape index (κ2) is 11.0. The summed E-state index contributed by atoms with van der Waals surface area (Å²) in [5, 5.41) is 2.59. The van der Waals surface area contributed by atoms with Crippen molar-refractivity contribution in [2.24, 2.45) is 0 Å². The fourth-order valence-electron chi connectivity index (χ4n) is 3.29. The van der Waals surface area contributed by atoms with Crippen LogP contribution in [0.2, 0.25) is 0 Å². The van der Waals surface area contributed by atoms with Crippen LogP contribution in [0.5, 0.6) is 11.5 Å². The first-order chi connectivity index (χ1) is 16.6. The summed E-state index contributed by atoms with van der Waals surface area (Å²) in [7, 11) is 0.968. The summed E-state index contributed by atoms with van der Waals surface area (Å²) < 4.78 is 38.2. The van der Waals surface area contributed by atoms with E-state index in [0.29, 0.717) is 34.0 Å². The first-order valence-corrected chi connectivity index (χ1v) is 12.1. The molecule has 2 amide bonds. The quantitative estimate of drug-likeness (QED) is 0.468. The molecule has 9 nitrogen and oxygen atoms in total. The molecular formula is C25H27N3O6S. The minimum Gasteiger partial charge on any atom is -0.493 e. The van der Waals surface area contributed by atoms with Crippen LogP contribution in [0.1, 0.15) is 22.8 Å². The van der Waals surface area contributed by atoms with Gasteiger partial charge in [0.15, 0.2) is 11.5 Å². The number of carbonyl (C=O) groups is 2. The largest absolute Gasteiger partial charge is 0.493 e. The number of hydrogen-bond donors (Lipinski definition) is 2.